The largest absolute Gasteiger partial charge is 0.271 e. The molecule has 1 aliphatic rings. The first-order chi connectivity index (χ1) is 8.24. The Hall–Kier alpha value is -1.00. The Balaban J connectivity index is 2.11. The highest BCUT2D eigenvalue weighted by atomic mass is 19.1. The zero-order valence-electron chi connectivity index (χ0n) is 10.2. The molecule has 2 rings (SSSR count). The maximum absolute atomic E-state index is 13.2. The number of nitrogens with two attached hydrogens (primary N) is 1. The van der Waals surface area contributed by atoms with Gasteiger partial charge in [0, 0.05) is 6.20 Å². The Kier molecular flexibility index (Phi) is 4.07. The molecule has 1 aromatic rings. The monoisotopic (exact) mass is 237 g/mol. The topological polar surface area (TPSA) is 50.9 Å². The summed E-state index contributed by atoms with van der Waals surface area (Å²) in [6, 6.07) is 1.55. The second kappa shape index (κ2) is 5.56. The Bertz CT molecular complexity index is 369. The maximum Gasteiger partial charge on any atom is 0.141 e. The first-order valence-electron chi connectivity index (χ1n) is 6.31. The van der Waals surface area contributed by atoms with E-state index in [4.69, 9.17) is 5.84 Å². The van der Waals surface area contributed by atoms with Crippen molar-refractivity contribution in [1.82, 2.24) is 10.4 Å². The maximum atomic E-state index is 13.2. The molecular formula is C13H20FN3. The van der Waals surface area contributed by atoms with Crippen molar-refractivity contribution >= 4 is 0 Å². The summed E-state index contributed by atoms with van der Waals surface area (Å²) in [5.41, 5.74) is 3.68. The number of nitrogens with one attached hydrogen (secondary N) is 1. The van der Waals surface area contributed by atoms with Crippen molar-refractivity contribution in [2.24, 2.45) is 17.7 Å². The van der Waals surface area contributed by atoms with Gasteiger partial charge in [-0.2, -0.15) is 0 Å². The minimum atomic E-state index is -0.298. The standard InChI is InChI=1S/C13H20FN3/c1-2-9-3-4-10(5-9)13(17-15)11-6-12(14)8-16-7-11/h6-10,13,17H,2-5,15H2,1H3. The third kappa shape index (κ3) is 2.82. The van der Waals surface area contributed by atoms with Crippen molar-refractivity contribution < 1.29 is 4.39 Å². The van der Waals surface area contributed by atoms with Gasteiger partial charge in [0.1, 0.15) is 5.82 Å². The molecule has 1 aliphatic carbocycles. The first-order valence-corrected chi connectivity index (χ1v) is 6.31. The average Bonchev–Trinajstić information content (AvgIpc) is 2.79. The van der Waals surface area contributed by atoms with Crippen LogP contribution in [0.15, 0.2) is 18.5 Å². The lowest BCUT2D eigenvalue weighted by Gasteiger charge is -2.23. The van der Waals surface area contributed by atoms with Crippen LogP contribution in [0.1, 0.15) is 44.2 Å². The van der Waals surface area contributed by atoms with Gasteiger partial charge in [0.15, 0.2) is 0 Å². The van der Waals surface area contributed by atoms with E-state index in [2.05, 4.69) is 17.3 Å². The fourth-order valence-electron chi connectivity index (χ4n) is 2.89. The molecule has 0 amide bonds. The Morgan fingerprint density at radius 3 is 2.94 bits per heavy atom. The third-order valence-electron chi connectivity index (χ3n) is 3.90. The van der Waals surface area contributed by atoms with Gasteiger partial charge in [0.05, 0.1) is 12.2 Å². The van der Waals surface area contributed by atoms with Gasteiger partial charge in [0.2, 0.25) is 0 Å². The molecule has 4 heteroatoms. The number of hydrazine groups is 1. The van der Waals surface area contributed by atoms with Crippen molar-refractivity contribution in [2.45, 2.75) is 38.6 Å². The summed E-state index contributed by atoms with van der Waals surface area (Å²) < 4.78 is 13.2. The van der Waals surface area contributed by atoms with Crippen LogP contribution in [-0.2, 0) is 0 Å². The third-order valence-corrected chi connectivity index (χ3v) is 3.90. The molecule has 1 fully saturated rings. The van der Waals surface area contributed by atoms with E-state index in [-0.39, 0.29) is 11.9 Å². The smallest absolute Gasteiger partial charge is 0.141 e. The van der Waals surface area contributed by atoms with E-state index in [9.17, 15) is 4.39 Å². The van der Waals surface area contributed by atoms with Crippen LogP contribution in [0, 0.1) is 17.7 Å². The molecule has 3 atom stereocenters. The zero-order valence-corrected chi connectivity index (χ0v) is 10.2. The Morgan fingerprint density at radius 1 is 1.53 bits per heavy atom. The summed E-state index contributed by atoms with van der Waals surface area (Å²) in [7, 11) is 0. The van der Waals surface area contributed by atoms with Crippen LogP contribution in [0.2, 0.25) is 0 Å². The van der Waals surface area contributed by atoms with Crippen molar-refractivity contribution in [3.63, 3.8) is 0 Å². The van der Waals surface area contributed by atoms with Crippen LogP contribution in [0.4, 0.5) is 4.39 Å². The second-order valence-corrected chi connectivity index (χ2v) is 4.93. The molecular weight excluding hydrogens is 217 g/mol. The molecule has 0 radical (unpaired) electrons. The highest BCUT2D eigenvalue weighted by Crippen LogP contribution is 2.39. The normalized spacial score (nSPS) is 26.1. The van der Waals surface area contributed by atoms with E-state index in [1.165, 1.54) is 31.5 Å². The van der Waals surface area contributed by atoms with Gasteiger partial charge in [0.25, 0.3) is 0 Å². The summed E-state index contributed by atoms with van der Waals surface area (Å²) in [6.07, 6.45) is 7.72. The van der Waals surface area contributed by atoms with Gasteiger partial charge < -0.3 is 0 Å². The minimum Gasteiger partial charge on any atom is -0.271 e. The molecule has 1 heterocycles. The van der Waals surface area contributed by atoms with Crippen molar-refractivity contribution in [3.05, 3.63) is 29.8 Å². The lowest BCUT2D eigenvalue weighted by molar-refractivity contribution is 0.356. The number of hydrogen-bond acceptors (Lipinski definition) is 3. The Labute approximate surface area is 102 Å². The summed E-state index contributed by atoms with van der Waals surface area (Å²) >= 11 is 0. The molecule has 0 bridgehead atoms. The van der Waals surface area contributed by atoms with E-state index in [1.54, 1.807) is 6.20 Å². The molecule has 3 N–H and O–H groups in total. The fourth-order valence-corrected chi connectivity index (χ4v) is 2.89. The van der Waals surface area contributed by atoms with Crippen LogP contribution in [0.5, 0.6) is 0 Å². The SMILES string of the molecule is CCC1CCC(C(NN)c2cncc(F)c2)C1. The number of aromatic nitrogens is 1. The van der Waals surface area contributed by atoms with Crippen LogP contribution in [0.25, 0.3) is 0 Å². The summed E-state index contributed by atoms with van der Waals surface area (Å²) in [6.45, 7) is 2.22. The first kappa shape index (κ1) is 12.5. The predicted molar refractivity (Wildman–Crippen MR) is 65.4 cm³/mol. The number of pyridine rings is 1. The highest BCUT2D eigenvalue weighted by molar-refractivity contribution is 5.16. The van der Waals surface area contributed by atoms with Crippen LogP contribution in [-0.4, -0.2) is 4.98 Å². The minimum absolute atomic E-state index is 0.0229. The van der Waals surface area contributed by atoms with Crippen molar-refractivity contribution in [2.75, 3.05) is 0 Å². The lowest BCUT2D eigenvalue weighted by Crippen LogP contribution is -2.33. The number of hydrogen-bond donors (Lipinski definition) is 2. The number of rotatable bonds is 4. The summed E-state index contributed by atoms with van der Waals surface area (Å²) in [4.78, 5) is 3.89. The molecule has 3 nitrogen and oxygen atoms in total. The molecule has 0 spiro atoms. The van der Waals surface area contributed by atoms with Crippen LogP contribution < -0.4 is 11.3 Å². The molecule has 3 unspecified atom stereocenters. The molecule has 1 saturated carbocycles. The summed E-state index contributed by atoms with van der Waals surface area (Å²) in [5.74, 6) is 6.61. The number of nitrogens with zero attached hydrogens (tertiary/aromatic N) is 1. The quantitative estimate of drug-likeness (QED) is 0.625. The molecule has 1 aromatic heterocycles. The van der Waals surface area contributed by atoms with E-state index in [1.807, 2.05) is 0 Å². The molecule has 0 aromatic carbocycles. The van der Waals surface area contributed by atoms with Gasteiger partial charge in [-0.15, -0.1) is 0 Å². The highest BCUT2D eigenvalue weighted by Gasteiger charge is 2.30. The van der Waals surface area contributed by atoms with Gasteiger partial charge in [-0.05, 0) is 36.3 Å². The molecule has 94 valence electrons. The fraction of sp³-hybridized carbons (Fsp3) is 0.615. The van der Waals surface area contributed by atoms with E-state index in [0.29, 0.717) is 5.92 Å². The Morgan fingerprint density at radius 2 is 2.35 bits per heavy atom. The second-order valence-electron chi connectivity index (χ2n) is 4.93. The lowest BCUT2D eigenvalue weighted by atomic mass is 9.92. The van der Waals surface area contributed by atoms with E-state index in [0.717, 1.165) is 17.9 Å². The van der Waals surface area contributed by atoms with Crippen molar-refractivity contribution in [3.8, 4) is 0 Å². The number of halogens is 1. The van der Waals surface area contributed by atoms with Crippen LogP contribution in [0.3, 0.4) is 0 Å². The predicted octanol–water partition coefficient (Wildman–Crippen LogP) is 2.55. The molecule has 0 aliphatic heterocycles. The average molecular weight is 237 g/mol. The summed E-state index contributed by atoms with van der Waals surface area (Å²) in [5, 5.41) is 0. The van der Waals surface area contributed by atoms with E-state index >= 15 is 0 Å². The zero-order chi connectivity index (χ0) is 12.3. The molecule has 0 saturated heterocycles. The van der Waals surface area contributed by atoms with Gasteiger partial charge in [-0.1, -0.05) is 19.8 Å². The van der Waals surface area contributed by atoms with Gasteiger partial charge in [-0.25, -0.2) is 4.39 Å². The van der Waals surface area contributed by atoms with Gasteiger partial charge in [-0.3, -0.25) is 16.3 Å². The van der Waals surface area contributed by atoms with E-state index < -0.39 is 0 Å². The molecule has 17 heavy (non-hydrogen) atoms. The van der Waals surface area contributed by atoms with Crippen LogP contribution >= 0.6 is 0 Å². The van der Waals surface area contributed by atoms with Gasteiger partial charge >= 0.3 is 0 Å². The van der Waals surface area contributed by atoms with Crippen molar-refractivity contribution in [1.29, 1.82) is 0 Å².